The predicted octanol–water partition coefficient (Wildman–Crippen LogP) is -2.01. The van der Waals surface area contributed by atoms with Crippen LogP contribution in [0.1, 0.15) is 53.4 Å². The van der Waals surface area contributed by atoms with Gasteiger partial charge in [0.15, 0.2) is 5.96 Å². The molecule has 0 radical (unpaired) electrons. The minimum atomic E-state index is -1.39. The third-order valence-corrected chi connectivity index (χ3v) is 5.23. The summed E-state index contributed by atoms with van der Waals surface area (Å²) in [6.45, 7) is 6.73. The lowest BCUT2D eigenvalue weighted by Crippen LogP contribution is -2.59. The Bertz CT molecular complexity index is 712. The van der Waals surface area contributed by atoms with Crippen molar-refractivity contribution in [3.05, 3.63) is 0 Å². The van der Waals surface area contributed by atoms with Gasteiger partial charge in [-0.05, 0) is 31.1 Å². The maximum absolute atomic E-state index is 12.9. The SMILES string of the molecule is CCC(C)C(NC(=O)C(N)CCCN=C(N)N)C(=O)NC(CO)C(=O)NC(CC(C)C)C(=O)O. The smallest absolute Gasteiger partial charge is 0.326 e. The number of carboxylic acid groups (broad SMARTS) is 1. The summed E-state index contributed by atoms with van der Waals surface area (Å²) in [6.07, 6.45) is 1.45. The van der Waals surface area contributed by atoms with Gasteiger partial charge in [-0.25, -0.2) is 4.79 Å². The van der Waals surface area contributed by atoms with E-state index in [0.717, 1.165) is 0 Å². The first-order valence-electron chi connectivity index (χ1n) is 11.4. The number of aliphatic hydroxyl groups excluding tert-OH is 1. The molecule has 0 aliphatic rings. The number of nitrogens with one attached hydrogen (secondary N) is 3. The molecule has 0 spiro atoms. The second-order valence-electron chi connectivity index (χ2n) is 8.70. The Kier molecular flexibility index (Phi) is 14.5. The molecule has 0 aromatic rings. The van der Waals surface area contributed by atoms with Crippen LogP contribution in [0.5, 0.6) is 0 Å². The minimum Gasteiger partial charge on any atom is -0.480 e. The minimum absolute atomic E-state index is 0.00256. The number of carbonyl (C=O) groups excluding carboxylic acids is 3. The van der Waals surface area contributed by atoms with Crippen molar-refractivity contribution < 1.29 is 29.4 Å². The standard InChI is InChI=1S/C21H41N7O6/c1-5-12(4)16(28-17(30)13(22)7-6-8-25-21(23)24)19(32)27-15(10-29)18(31)26-14(20(33)34)9-11(2)3/h11-16,29H,5-10,22H2,1-4H3,(H,26,31)(H,27,32)(H,28,30)(H,33,34)(H4,23,24,25). The average molecular weight is 488 g/mol. The maximum atomic E-state index is 12.9. The van der Waals surface area contributed by atoms with E-state index in [9.17, 15) is 29.4 Å². The highest BCUT2D eigenvalue weighted by Gasteiger charge is 2.32. The molecule has 0 saturated carbocycles. The normalized spacial score (nSPS) is 15.4. The molecule has 5 unspecified atom stereocenters. The molecule has 0 bridgehead atoms. The van der Waals surface area contributed by atoms with Crippen LogP contribution in [-0.2, 0) is 19.2 Å². The molecule has 0 aliphatic heterocycles. The highest BCUT2D eigenvalue weighted by Crippen LogP contribution is 2.10. The third kappa shape index (κ3) is 11.8. The number of rotatable bonds is 16. The Morgan fingerprint density at radius 1 is 0.941 bits per heavy atom. The van der Waals surface area contributed by atoms with Crippen molar-refractivity contribution in [3.8, 4) is 0 Å². The van der Waals surface area contributed by atoms with Crippen molar-refractivity contribution in [1.29, 1.82) is 0 Å². The highest BCUT2D eigenvalue weighted by atomic mass is 16.4. The Balaban J connectivity index is 5.20. The lowest BCUT2D eigenvalue weighted by molar-refractivity contribution is -0.143. The number of hydrogen-bond donors (Lipinski definition) is 8. The molecule has 13 nitrogen and oxygen atoms in total. The fourth-order valence-corrected chi connectivity index (χ4v) is 3.03. The first-order valence-corrected chi connectivity index (χ1v) is 11.4. The van der Waals surface area contributed by atoms with Gasteiger partial charge in [0.1, 0.15) is 18.1 Å². The third-order valence-electron chi connectivity index (χ3n) is 5.23. The van der Waals surface area contributed by atoms with Crippen molar-refractivity contribution >= 4 is 29.7 Å². The summed E-state index contributed by atoms with van der Waals surface area (Å²) in [5.74, 6) is -3.69. The fraction of sp³-hybridized carbons (Fsp3) is 0.762. The lowest BCUT2D eigenvalue weighted by Gasteiger charge is -2.27. The van der Waals surface area contributed by atoms with Crippen LogP contribution in [0.3, 0.4) is 0 Å². The molecule has 13 heteroatoms. The number of aliphatic carboxylic acids is 1. The van der Waals surface area contributed by atoms with E-state index >= 15 is 0 Å². The van der Waals surface area contributed by atoms with Crippen molar-refractivity contribution in [1.82, 2.24) is 16.0 Å². The number of aliphatic imine (C=N–C) groups is 1. The molecule has 0 aromatic carbocycles. The molecule has 0 aliphatic carbocycles. The van der Waals surface area contributed by atoms with Gasteiger partial charge in [-0.1, -0.05) is 34.1 Å². The average Bonchev–Trinajstić information content (AvgIpc) is 2.76. The summed E-state index contributed by atoms with van der Waals surface area (Å²) >= 11 is 0. The van der Waals surface area contributed by atoms with Crippen molar-refractivity contribution in [2.45, 2.75) is 77.5 Å². The van der Waals surface area contributed by atoms with Gasteiger partial charge < -0.3 is 43.4 Å². The quantitative estimate of drug-likeness (QED) is 0.0681. The van der Waals surface area contributed by atoms with Crippen LogP contribution >= 0.6 is 0 Å². The molecule has 0 fully saturated rings. The molecule has 34 heavy (non-hydrogen) atoms. The van der Waals surface area contributed by atoms with Crippen molar-refractivity contribution in [2.24, 2.45) is 34.0 Å². The molecule has 196 valence electrons. The van der Waals surface area contributed by atoms with Crippen molar-refractivity contribution in [3.63, 3.8) is 0 Å². The van der Waals surface area contributed by atoms with Gasteiger partial charge in [0.05, 0.1) is 12.6 Å². The molecule has 0 rings (SSSR count). The first kappa shape index (κ1) is 31.1. The zero-order chi connectivity index (χ0) is 26.4. The number of nitrogens with two attached hydrogens (primary N) is 3. The van der Waals surface area contributed by atoms with Crippen LogP contribution in [0.25, 0.3) is 0 Å². The summed E-state index contributed by atoms with van der Waals surface area (Å²) in [5.41, 5.74) is 16.4. The van der Waals surface area contributed by atoms with Crippen LogP contribution < -0.4 is 33.2 Å². The van der Waals surface area contributed by atoms with E-state index in [4.69, 9.17) is 17.2 Å². The van der Waals surface area contributed by atoms with Crippen LogP contribution in [0, 0.1) is 11.8 Å². The highest BCUT2D eigenvalue weighted by molar-refractivity contribution is 5.94. The van der Waals surface area contributed by atoms with Crippen LogP contribution in [-0.4, -0.2) is 77.2 Å². The van der Waals surface area contributed by atoms with Gasteiger partial charge in [-0.15, -0.1) is 0 Å². The van der Waals surface area contributed by atoms with Gasteiger partial charge in [-0.2, -0.15) is 0 Å². The van der Waals surface area contributed by atoms with Crippen molar-refractivity contribution in [2.75, 3.05) is 13.2 Å². The Labute approximate surface area is 200 Å². The van der Waals surface area contributed by atoms with E-state index in [-0.39, 0.29) is 30.6 Å². The van der Waals surface area contributed by atoms with E-state index in [1.54, 1.807) is 20.8 Å². The second kappa shape index (κ2) is 15.8. The van der Waals surface area contributed by atoms with Gasteiger partial charge in [-0.3, -0.25) is 19.4 Å². The molecular weight excluding hydrogens is 446 g/mol. The topological polar surface area (TPSA) is 235 Å². The Hall–Kier alpha value is -2.93. The monoisotopic (exact) mass is 487 g/mol. The molecule has 0 saturated heterocycles. The Morgan fingerprint density at radius 2 is 1.53 bits per heavy atom. The fourth-order valence-electron chi connectivity index (χ4n) is 3.03. The van der Waals surface area contributed by atoms with Crippen LogP contribution in [0.4, 0.5) is 0 Å². The molecule has 0 aromatic heterocycles. The van der Waals surface area contributed by atoms with Gasteiger partial charge >= 0.3 is 5.97 Å². The lowest BCUT2D eigenvalue weighted by atomic mass is 9.97. The van der Waals surface area contributed by atoms with E-state index < -0.39 is 54.5 Å². The summed E-state index contributed by atoms with van der Waals surface area (Å²) in [5, 5.41) is 26.3. The molecule has 3 amide bonds. The van der Waals surface area contributed by atoms with Crippen LogP contribution in [0.2, 0.25) is 0 Å². The molecule has 5 atom stereocenters. The maximum Gasteiger partial charge on any atom is 0.326 e. The number of carboxylic acids is 1. The number of carbonyl (C=O) groups is 4. The summed E-state index contributed by atoms with van der Waals surface area (Å²) in [6, 6.07) is -4.48. The van der Waals surface area contributed by atoms with Crippen LogP contribution in [0.15, 0.2) is 4.99 Å². The molecular formula is C21H41N7O6. The zero-order valence-corrected chi connectivity index (χ0v) is 20.4. The van der Waals surface area contributed by atoms with Gasteiger partial charge in [0.25, 0.3) is 0 Å². The van der Waals surface area contributed by atoms with E-state index in [2.05, 4.69) is 20.9 Å². The number of guanidine groups is 1. The number of hydrogen-bond acceptors (Lipinski definition) is 7. The first-order chi connectivity index (χ1) is 15.8. The predicted molar refractivity (Wildman–Crippen MR) is 127 cm³/mol. The molecule has 0 heterocycles. The van der Waals surface area contributed by atoms with E-state index in [1.807, 2.05) is 6.92 Å². The number of nitrogens with zero attached hydrogens (tertiary/aromatic N) is 1. The summed E-state index contributed by atoms with van der Waals surface area (Å²) in [4.78, 5) is 53.1. The zero-order valence-electron chi connectivity index (χ0n) is 20.4. The summed E-state index contributed by atoms with van der Waals surface area (Å²) < 4.78 is 0. The Morgan fingerprint density at radius 3 is 2.00 bits per heavy atom. The second-order valence-corrected chi connectivity index (χ2v) is 8.70. The van der Waals surface area contributed by atoms with Gasteiger partial charge in [0, 0.05) is 6.54 Å². The number of aliphatic hydroxyl groups is 1. The summed E-state index contributed by atoms with van der Waals surface area (Å²) in [7, 11) is 0. The number of amides is 3. The van der Waals surface area contributed by atoms with E-state index in [0.29, 0.717) is 19.4 Å². The molecule has 11 N–H and O–H groups in total. The largest absolute Gasteiger partial charge is 0.480 e. The van der Waals surface area contributed by atoms with E-state index in [1.165, 1.54) is 0 Å². The van der Waals surface area contributed by atoms with Gasteiger partial charge in [0.2, 0.25) is 17.7 Å².